The summed E-state index contributed by atoms with van der Waals surface area (Å²) in [4.78, 5) is 16.4. The molecule has 1 saturated heterocycles. The van der Waals surface area contributed by atoms with Crippen molar-refractivity contribution in [2.24, 2.45) is 11.7 Å². The molecular weight excluding hydrogens is 228 g/mol. The second-order valence-electron chi connectivity index (χ2n) is 5.67. The molecule has 1 atom stereocenters. The van der Waals surface area contributed by atoms with Crippen LogP contribution in [0.4, 0.5) is 0 Å². The van der Waals surface area contributed by atoms with Crippen molar-refractivity contribution in [3.05, 3.63) is 0 Å². The van der Waals surface area contributed by atoms with Crippen molar-refractivity contribution in [2.45, 2.75) is 26.3 Å². The first kappa shape index (κ1) is 15.4. The fraction of sp³-hybridized carbons (Fsp3) is 0.923. The number of nitrogens with one attached hydrogen (secondary N) is 1. The Morgan fingerprint density at radius 1 is 1.28 bits per heavy atom. The van der Waals surface area contributed by atoms with Gasteiger partial charge in [-0.15, -0.1) is 0 Å². The Balaban J connectivity index is 2.11. The lowest BCUT2D eigenvalue weighted by Gasteiger charge is -2.32. The highest BCUT2D eigenvalue weighted by Gasteiger charge is 2.16. The van der Waals surface area contributed by atoms with Crippen LogP contribution < -0.4 is 11.1 Å². The van der Waals surface area contributed by atoms with Gasteiger partial charge in [-0.25, -0.2) is 0 Å². The second-order valence-corrected chi connectivity index (χ2v) is 5.67. The number of nitrogens with two attached hydrogens (primary N) is 1. The summed E-state index contributed by atoms with van der Waals surface area (Å²) in [7, 11) is 2.14. The smallest absolute Gasteiger partial charge is 0.236 e. The van der Waals surface area contributed by atoms with Crippen LogP contribution in [0, 0.1) is 5.92 Å². The van der Waals surface area contributed by atoms with Gasteiger partial charge in [0.15, 0.2) is 0 Å². The summed E-state index contributed by atoms with van der Waals surface area (Å²) in [6.07, 6.45) is 0.750. The highest BCUT2D eigenvalue weighted by molar-refractivity contribution is 5.81. The lowest BCUT2D eigenvalue weighted by atomic mass is 10.0. The molecule has 1 heterocycles. The molecule has 5 heteroatoms. The van der Waals surface area contributed by atoms with Gasteiger partial charge in [0.1, 0.15) is 0 Å². The molecule has 0 aliphatic carbocycles. The van der Waals surface area contributed by atoms with Gasteiger partial charge in [-0.2, -0.15) is 0 Å². The van der Waals surface area contributed by atoms with Gasteiger partial charge in [0.25, 0.3) is 0 Å². The van der Waals surface area contributed by atoms with Gasteiger partial charge in [0, 0.05) is 39.3 Å². The lowest BCUT2D eigenvalue weighted by molar-refractivity contribution is -0.122. The molecule has 1 aliphatic heterocycles. The van der Waals surface area contributed by atoms with Crippen LogP contribution in [0.5, 0.6) is 0 Å². The molecule has 5 nitrogen and oxygen atoms in total. The Hall–Kier alpha value is -0.650. The second kappa shape index (κ2) is 7.71. The third-order valence-electron chi connectivity index (χ3n) is 3.39. The Morgan fingerprint density at radius 2 is 1.89 bits per heavy atom. The Kier molecular flexibility index (Phi) is 6.60. The third kappa shape index (κ3) is 5.80. The summed E-state index contributed by atoms with van der Waals surface area (Å²) < 4.78 is 0. The minimum Gasteiger partial charge on any atom is -0.353 e. The number of hydrogen-bond donors (Lipinski definition) is 2. The molecule has 0 aromatic carbocycles. The monoisotopic (exact) mass is 256 g/mol. The fourth-order valence-corrected chi connectivity index (χ4v) is 2.15. The van der Waals surface area contributed by atoms with E-state index in [0.717, 1.165) is 39.1 Å². The molecule has 0 unspecified atom stereocenters. The predicted octanol–water partition coefficient (Wildman–Crippen LogP) is -0.277. The number of piperazine rings is 1. The van der Waals surface area contributed by atoms with E-state index in [0.29, 0.717) is 12.5 Å². The van der Waals surface area contributed by atoms with Gasteiger partial charge in [-0.1, -0.05) is 13.8 Å². The van der Waals surface area contributed by atoms with Crippen molar-refractivity contribution >= 4 is 5.91 Å². The summed E-state index contributed by atoms with van der Waals surface area (Å²) in [5.41, 5.74) is 5.82. The van der Waals surface area contributed by atoms with Crippen molar-refractivity contribution in [1.82, 2.24) is 15.1 Å². The van der Waals surface area contributed by atoms with Crippen LogP contribution in [0.3, 0.4) is 0 Å². The average molecular weight is 256 g/mol. The van der Waals surface area contributed by atoms with E-state index in [1.807, 2.05) is 0 Å². The van der Waals surface area contributed by atoms with Gasteiger partial charge >= 0.3 is 0 Å². The number of amides is 1. The highest BCUT2D eigenvalue weighted by Crippen LogP contribution is 2.02. The van der Waals surface area contributed by atoms with E-state index in [1.54, 1.807) is 0 Å². The molecule has 18 heavy (non-hydrogen) atoms. The van der Waals surface area contributed by atoms with E-state index in [9.17, 15) is 4.79 Å². The Bertz CT molecular complexity index is 249. The number of nitrogens with zero attached hydrogens (tertiary/aromatic N) is 2. The van der Waals surface area contributed by atoms with Crippen LogP contribution in [0.25, 0.3) is 0 Å². The summed E-state index contributed by atoms with van der Waals surface area (Å²) >= 11 is 0. The van der Waals surface area contributed by atoms with E-state index >= 15 is 0 Å². The molecule has 0 aromatic rings. The SMILES string of the molecule is CC(C)C[C@H](N)C(=O)NCCN1CCN(C)CC1. The van der Waals surface area contributed by atoms with Gasteiger partial charge in [0.2, 0.25) is 5.91 Å². The molecule has 0 aromatic heterocycles. The molecule has 0 spiro atoms. The number of hydrogen-bond acceptors (Lipinski definition) is 4. The topological polar surface area (TPSA) is 61.6 Å². The van der Waals surface area contributed by atoms with Crippen LogP contribution in [0.1, 0.15) is 20.3 Å². The van der Waals surface area contributed by atoms with Crippen molar-refractivity contribution in [2.75, 3.05) is 46.3 Å². The fourth-order valence-electron chi connectivity index (χ4n) is 2.15. The summed E-state index contributed by atoms with van der Waals surface area (Å²) in [5.74, 6) is 0.446. The number of carbonyl (C=O) groups excluding carboxylic acids is 1. The van der Waals surface area contributed by atoms with Gasteiger partial charge < -0.3 is 16.0 Å². The number of carbonyl (C=O) groups is 1. The van der Waals surface area contributed by atoms with Crippen LogP contribution >= 0.6 is 0 Å². The first-order valence-electron chi connectivity index (χ1n) is 6.93. The molecule has 1 aliphatic rings. The van der Waals surface area contributed by atoms with Crippen molar-refractivity contribution in [3.8, 4) is 0 Å². The minimum absolute atomic E-state index is 0.0159. The summed E-state index contributed by atoms with van der Waals surface area (Å²) in [6.45, 7) is 10.2. The summed E-state index contributed by atoms with van der Waals surface area (Å²) in [6, 6.07) is -0.363. The Morgan fingerprint density at radius 3 is 2.44 bits per heavy atom. The van der Waals surface area contributed by atoms with Gasteiger partial charge in [0.05, 0.1) is 6.04 Å². The van der Waals surface area contributed by atoms with Crippen molar-refractivity contribution < 1.29 is 4.79 Å². The number of likely N-dealkylation sites (N-methyl/N-ethyl adjacent to an activating group) is 1. The minimum atomic E-state index is -0.363. The normalized spacial score (nSPS) is 20.1. The average Bonchev–Trinajstić information content (AvgIpc) is 2.30. The van der Waals surface area contributed by atoms with Crippen molar-refractivity contribution in [3.63, 3.8) is 0 Å². The van der Waals surface area contributed by atoms with Crippen LogP contribution in [0.15, 0.2) is 0 Å². The molecule has 106 valence electrons. The van der Waals surface area contributed by atoms with E-state index in [2.05, 4.69) is 36.0 Å². The summed E-state index contributed by atoms with van der Waals surface area (Å²) in [5, 5.41) is 2.93. The largest absolute Gasteiger partial charge is 0.353 e. The lowest BCUT2D eigenvalue weighted by Crippen LogP contribution is -2.48. The maximum absolute atomic E-state index is 11.7. The van der Waals surface area contributed by atoms with E-state index in [-0.39, 0.29) is 11.9 Å². The van der Waals surface area contributed by atoms with Crippen LogP contribution in [-0.4, -0.2) is 68.1 Å². The van der Waals surface area contributed by atoms with Gasteiger partial charge in [-0.3, -0.25) is 9.69 Å². The predicted molar refractivity (Wildman–Crippen MR) is 74.4 cm³/mol. The standard InChI is InChI=1S/C13H28N4O/c1-11(2)10-12(14)13(18)15-4-5-17-8-6-16(3)7-9-17/h11-12H,4-10,14H2,1-3H3,(H,15,18)/t12-/m0/s1. The van der Waals surface area contributed by atoms with Gasteiger partial charge in [-0.05, 0) is 19.4 Å². The highest BCUT2D eigenvalue weighted by atomic mass is 16.2. The third-order valence-corrected chi connectivity index (χ3v) is 3.39. The van der Waals surface area contributed by atoms with Crippen molar-refractivity contribution in [1.29, 1.82) is 0 Å². The zero-order valence-electron chi connectivity index (χ0n) is 12.0. The first-order valence-corrected chi connectivity index (χ1v) is 6.93. The quantitative estimate of drug-likeness (QED) is 0.686. The van der Waals surface area contributed by atoms with Crippen LogP contribution in [0.2, 0.25) is 0 Å². The zero-order valence-corrected chi connectivity index (χ0v) is 12.0. The molecule has 3 N–H and O–H groups in total. The number of rotatable bonds is 6. The molecule has 0 saturated carbocycles. The molecule has 0 bridgehead atoms. The molecule has 0 radical (unpaired) electrons. The maximum Gasteiger partial charge on any atom is 0.236 e. The molecule has 1 amide bonds. The zero-order chi connectivity index (χ0) is 13.5. The van der Waals surface area contributed by atoms with E-state index in [1.165, 1.54) is 0 Å². The molecular formula is C13H28N4O. The molecule has 1 fully saturated rings. The van der Waals surface area contributed by atoms with E-state index < -0.39 is 0 Å². The Labute approximate surface area is 111 Å². The first-order chi connectivity index (χ1) is 8.49. The van der Waals surface area contributed by atoms with Crippen LogP contribution in [-0.2, 0) is 4.79 Å². The van der Waals surface area contributed by atoms with E-state index in [4.69, 9.17) is 5.73 Å². The molecule has 1 rings (SSSR count). The maximum atomic E-state index is 11.7.